The van der Waals surface area contributed by atoms with Crippen LogP contribution in [0, 0.1) is 0 Å². The van der Waals surface area contributed by atoms with Crippen LogP contribution in [0.25, 0.3) is 0 Å². The maximum atomic E-state index is 10.3. The Balaban J connectivity index is 3.97. The fraction of sp³-hybridized carbons (Fsp3) is 0.571. The Hall–Kier alpha value is -1.19. The first-order valence-corrected chi connectivity index (χ1v) is 3.40. The molecule has 0 aliphatic rings. The van der Waals surface area contributed by atoms with E-state index >= 15 is 0 Å². The maximum Gasteiger partial charge on any atom is 0.374 e. The van der Waals surface area contributed by atoms with E-state index in [2.05, 4.69) is 0 Å². The van der Waals surface area contributed by atoms with Crippen molar-refractivity contribution in [2.24, 2.45) is 0 Å². The second-order valence-corrected chi connectivity index (χ2v) is 1.68. The van der Waals surface area contributed by atoms with Crippen LogP contribution in [0.2, 0.25) is 0 Å². The molecule has 0 aromatic carbocycles. The first-order valence-electron chi connectivity index (χ1n) is 3.40. The van der Waals surface area contributed by atoms with Crippen LogP contribution in [0.3, 0.4) is 0 Å². The molecule has 0 amide bonds. The van der Waals surface area contributed by atoms with Crippen molar-refractivity contribution in [2.45, 2.75) is 13.8 Å². The summed E-state index contributed by atoms with van der Waals surface area (Å²) < 4.78 is 9.48. The van der Waals surface area contributed by atoms with E-state index in [9.17, 15) is 4.79 Å². The summed E-state index contributed by atoms with van der Waals surface area (Å²) in [6.45, 7) is 4.24. The summed E-state index contributed by atoms with van der Waals surface area (Å²) in [5, 5.41) is 8.46. The van der Waals surface area contributed by atoms with E-state index in [1.165, 1.54) is 0 Å². The van der Waals surface area contributed by atoms with E-state index in [-0.39, 0.29) is 5.76 Å². The Morgan fingerprint density at radius 1 is 1.45 bits per heavy atom. The molecular weight excluding hydrogens is 148 g/mol. The van der Waals surface area contributed by atoms with Crippen LogP contribution in [0.5, 0.6) is 0 Å². The quantitative estimate of drug-likeness (QED) is 0.481. The van der Waals surface area contributed by atoms with E-state index < -0.39 is 5.97 Å². The van der Waals surface area contributed by atoms with Gasteiger partial charge in [-0.2, -0.15) is 0 Å². The highest BCUT2D eigenvalue weighted by atomic mass is 16.5. The number of carboxylic acids is 1. The van der Waals surface area contributed by atoms with Crippen LogP contribution in [0.15, 0.2) is 12.0 Å². The minimum Gasteiger partial charge on any atom is -0.497 e. The van der Waals surface area contributed by atoms with Crippen molar-refractivity contribution < 1.29 is 19.4 Å². The molecule has 0 aromatic rings. The van der Waals surface area contributed by atoms with Gasteiger partial charge in [0.2, 0.25) is 5.76 Å². The Kier molecular flexibility index (Phi) is 4.98. The van der Waals surface area contributed by atoms with Gasteiger partial charge in [-0.25, -0.2) is 4.79 Å². The van der Waals surface area contributed by atoms with Crippen molar-refractivity contribution in [3.63, 3.8) is 0 Å². The van der Waals surface area contributed by atoms with Gasteiger partial charge < -0.3 is 14.6 Å². The summed E-state index contributed by atoms with van der Waals surface area (Å²) in [6, 6.07) is 0. The van der Waals surface area contributed by atoms with E-state index in [4.69, 9.17) is 14.6 Å². The molecule has 0 saturated heterocycles. The van der Waals surface area contributed by atoms with Gasteiger partial charge in [0.15, 0.2) is 0 Å². The fourth-order valence-corrected chi connectivity index (χ4v) is 0.461. The minimum absolute atomic E-state index is 0.158. The lowest BCUT2D eigenvalue weighted by Crippen LogP contribution is -2.05. The maximum absolute atomic E-state index is 10.3. The average Bonchev–Trinajstić information content (AvgIpc) is 1.97. The van der Waals surface area contributed by atoms with Crippen LogP contribution >= 0.6 is 0 Å². The Morgan fingerprint density at radius 3 is 2.45 bits per heavy atom. The summed E-state index contributed by atoms with van der Waals surface area (Å²) in [5.41, 5.74) is 0. The number of ether oxygens (including phenoxy) is 2. The van der Waals surface area contributed by atoms with E-state index in [0.717, 1.165) is 6.26 Å². The van der Waals surface area contributed by atoms with Crippen molar-refractivity contribution in [3.05, 3.63) is 12.0 Å². The molecule has 64 valence electrons. The molecular formula is C7H12O4. The lowest BCUT2D eigenvalue weighted by Gasteiger charge is -2.02. The van der Waals surface area contributed by atoms with Crippen molar-refractivity contribution in [2.75, 3.05) is 13.2 Å². The molecule has 0 saturated carbocycles. The number of rotatable bonds is 5. The van der Waals surface area contributed by atoms with Gasteiger partial charge >= 0.3 is 5.97 Å². The van der Waals surface area contributed by atoms with E-state index in [1.807, 2.05) is 0 Å². The molecule has 0 bridgehead atoms. The number of aliphatic carboxylic acids is 1. The van der Waals surface area contributed by atoms with E-state index in [1.54, 1.807) is 13.8 Å². The summed E-state index contributed by atoms with van der Waals surface area (Å²) in [6.07, 6.45) is 1.10. The van der Waals surface area contributed by atoms with Gasteiger partial charge in [0, 0.05) is 0 Å². The zero-order chi connectivity index (χ0) is 8.69. The molecule has 0 unspecified atom stereocenters. The molecule has 0 rings (SSSR count). The highest BCUT2D eigenvalue weighted by molar-refractivity contribution is 5.83. The van der Waals surface area contributed by atoms with Crippen LogP contribution in [0.1, 0.15) is 13.8 Å². The van der Waals surface area contributed by atoms with Gasteiger partial charge in [-0.15, -0.1) is 0 Å². The molecule has 0 aromatic heterocycles. The van der Waals surface area contributed by atoms with Crippen molar-refractivity contribution >= 4 is 5.97 Å². The molecule has 1 N–H and O–H groups in total. The van der Waals surface area contributed by atoms with Crippen LogP contribution in [-0.2, 0) is 14.3 Å². The van der Waals surface area contributed by atoms with Gasteiger partial charge in [-0.05, 0) is 13.8 Å². The summed E-state index contributed by atoms with van der Waals surface area (Å²) in [5.74, 6) is -1.27. The predicted molar refractivity (Wildman–Crippen MR) is 39.0 cm³/mol. The van der Waals surface area contributed by atoms with Gasteiger partial charge in [0.05, 0.1) is 13.2 Å². The van der Waals surface area contributed by atoms with Crippen molar-refractivity contribution in [1.82, 2.24) is 0 Å². The molecule has 0 aliphatic carbocycles. The standard InChI is InChI=1S/C7H12O4/c1-3-10-5-6(7(8)9)11-4-2/h5H,3-4H2,1-2H3,(H,8,9)/b6-5-. The third kappa shape index (κ3) is 4.25. The van der Waals surface area contributed by atoms with Crippen molar-refractivity contribution in [1.29, 1.82) is 0 Å². The second-order valence-electron chi connectivity index (χ2n) is 1.68. The normalized spacial score (nSPS) is 10.9. The molecule has 4 nitrogen and oxygen atoms in total. The fourth-order valence-electron chi connectivity index (χ4n) is 0.461. The number of hydrogen-bond acceptors (Lipinski definition) is 3. The monoisotopic (exact) mass is 160 g/mol. The van der Waals surface area contributed by atoms with Crippen LogP contribution in [-0.4, -0.2) is 24.3 Å². The first-order chi connectivity index (χ1) is 5.22. The average molecular weight is 160 g/mol. The van der Waals surface area contributed by atoms with Gasteiger partial charge in [0.25, 0.3) is 0 Å². The molecule has 0 heterocycles. The van der Waals surface area contributed by atoms with Crippen LogP contribution < -0.4 is 0 Å². The Bertz CT molecular complexity index is 151. The molecule has 0 radical (unpaired) electrons. The molecule has 11 heavy (non-hydrogen) atoms. The number of hydrogen-bond donors (Lipinski definition) is 1. The largest absolute Gasteiger partial charge is 0.497 e. The Morgan fingerprint density at radius 2 is 2.09 bits per heavy atom. The lowest BCUT2D eigenvalue weighted by atomic mass is 10.5. The van der Waals surface area contributed by atoms with Gasteiger partial charge in [-0.3, -0.25) is 0 Å². The third-order valence-electron chi connectivity index (χ3n) is 0.868. The van der Waals surface area contributed by atoms with Crippen molar-refractivity contribution in [3.8, 4) is 0 Å². The molecule has 0 atom stereocenters. The highest BCUT2D eigenvalue weighted by Crippen LogP contribution is 1.97. The SMILES string of the molecule is CCO/C=C(\OCC)C(=O)O. The third-order valence-corrected chi connectivity index (χ3v) is 0.868. The molecule has 4 heteroatoms. The zero-order valence-corrected chi connectivity index (χ0v) is 6.66. The molecule has 0 spiro atoms. The predicted octanol–water partition coefficient (Wildman–Crippen LogP) is 0.985. The second kappa shape index (κ2) is 5.58. The van der Waals surface area contributed by atoms with Gasteiger partial charge in [-0.1, -0.05) is 0 Å². The molecule has 0 fully saturated rings. The smallest absolute Gasteiger partial charge is 0.374 e. The lowest BCUT2D eigenvalue weighted by molar-refractivity contribution is -0.136. The summed E-state index contributed by atoms with van der Waals surface area (Å²) >= 11 is 0. The number of carboxylic acid groups (broad SMARTS) is 1. The zero-order valence-electron chi connectivity index (χ0n) is 6.66. The minimum atomic E-state index is -1.11. The topological polar surface area (TPSA) is 55.8 Å². The number of carbonyl (C=O) groups is 1. The molecule has 0 aliphatic heterocycles. The van der Waals surface area contributed by atoms with E-state index in [0.29, 0.717) is 13.2 Å². The first kappa shape index (κ1) is 9.81. The summed E-state index contributed by atoms with van der Waals surface area (Å²) in [7, 11) is 0. The van der Waals surface area contributed by atoms with Crippen LogP contribution in [0.4, 0.5) is 0 Å². The highest BCUT2D eigenvalue weighted by Gasteiger charge is 2.06. The summed E-state index contributed by atoms with van der Waals surface area (Å²) in [4.78, 5) is 10.3. The van der Waals surface area contributed by atoms with Gasteiger partial charge in [0.1, 0.15) is 6.26 Å². The Labute approximate surface area is 65.4 Å².